The Morgan fingerprint density at radius 2 is 1.50 bits per heavy atom. The summed E-state index contributed by atoms with van der Waals surface area (Å²) in [6, 6.07) is 19.6. The molecule has 0 aliphatic carbocycles. The zero-order chi connectivity index (χ0) is 27.2. The molecule has 0 spiro atoms. The zero-order valence-electron chi connectivity index (χ0n) is 23.1. The van der Waals surface area contributed by atoms with Crippen molar-refractivity contribution >= 4 is 5.91 Å². The minimum atomic E-state index is -0.454. The highest BCUT2D eigenvalue weighted by Gasteiger charge is 2.38. The number of carbonyl (C=O) groups excluding carboxylic acids is 1. The topological polar surface area (TPSA) is 69.3 Å². The second-order valence-electron chi connectivity index (χ2n) is 9.78. The van der Waals surface area contributed by atoms with Crippen LogP contribution in [0.2, 0.25) is 0 Å². The fourth-order valence-corrected chi connectivity index (χ4v) is 5.31. The zero-order valence-corrected chi connectivity index (χ0v) is 23.1. The fourth-order valence-electron chi connectivity index (χ4n) is 5.31. The molecular weight excluding hydrogens is 480 g/mol. The Morgan fingerprint density at radius 3 is 2.13 bits per heavy atom. The van der Waals surface area contributed by atoms with E-state index in [2.05, 4.69) is 28.4 Å². The van der Waals surface area contributed by atoms with E-state index in [0.29, 0.717) is 36.0 Å². The second-order valence-corrected chi connectivity index (χ2v) is 9.78. The van der Waals surface area contributed by atoms with Crippen molar-refractivity contribution in [3.05, 3.63) is 82.9 Å². The molecule has 0 fully saturated rings. The molecule has 3 aromatic carbocycles. The van der Waals surface area contributed by atoms with Gasteiger partial charge < -0.3 is 24.3 Å². The van der Waals surface area contributed by atoms with E-state index in [1.165, 1.54) is 5.56 Å². The molecule has 3 aromatic rings. The van der Waals surface area contributed by atoms with E-state index in [-0.39, 0.29) is 18.0 Å². The molecule has 0 aromatic heterocycles. The molecule has 0 saturated carbocycles. The van der Waals surface area contributed by atoms with Gasteiger partial charge in [0.25, 0.3) is 0 Å². The quantitative estimate of drug-likeness (QED) is 0.401. The van der Waals surface area contributed by atoms with Crippen LogP contribution in [0.1, 0.15) is 48.2 Å². The van der Waals surface area contributed by atoms with Crippen LogP contribution in [0.15, 0.2) is 60.7 Å². The van der Waals surface area contributed by atoms with Gasteiger partial charge in [-0.15, -0.1) is 0 Å². The number of nitrogens with one attached hydrogen (secondary N) is 1. The monoisotopic (exact) mass is 518 g/mol. The summed E-state index contributed by atoms with van der Waals surface area (Å²) in [7, 11) is 6.58. The molecule has 0 radical (unpaired) electrons. The lowest BCUT2D eigenvalue weighted by atomic mass is 9.86. The summed E-state index contributed by atoms with van der Waals surface area (Å²) in [4.78, 5) is 16.1. The highest BCUT2D eigenvalue weighted by molar-refractivity contribution is 5.83. The number of carbonyl (C=O) groups is 1. The highest BCUT2D eigenvalue weighted by Crippen LogP contribution is 2.43. The average molecular weight is 519 g/mol. The van der Waals surface area contributed by atoms with Crippen molar-refractivity contribution in [1.29, 1.82) is 0 Å². The summed E-state index contributed by atoms with van der Waals surface area (Å²) in [5.74, 6) is 2.74. The van der Waals surface area contributed by atoms with Gasteiger partial charge in [0.2, 0.25) is 5.91 Å². The fraction of sp³-hybridized carbons (Fsp3) is 0.387. The lowest BCUT2D eigenvalue weighted by molar-refractivity contribution is -0.128. The lowest BCUT2D eigenvalue weighted by Gasteiger charge is -2.42. The largest absolute Gasteiger partial charge is 0.493 e. The Kier molecular flexibility index (Phi) is 8.79. The van der Waals surface area contributed by atoms with Gasteiger partial charge in [-0.2, -0.15) is 0 Å². The smallest absolute Gasteiger partial charge is 0.242 e. The molecule has 2 unspecified atom stereocenters. The van der Waals surface area contributed by atoms with E-state index in [4.69, 9.17) is 18.9 Å². The van der Waals surface area contributed by atoms with Crippen molar-refractivity contribution in [3.63, 3.8) is 0 Å². The highest BCUT2D eigenvalue weighted by atomic mass is 16.5. The third kappa shape index (κ3) is 5.73. The minimum Gasteiger partial charge on any atom is -0.493 e. The molecule has 1 aliphatic rings. The average Bonchev–Trinajstić information content (AvgIpc) is 2.93. The number of hydrogen-bond acceptors (Lipinski definition) is 6. The molecule has 0 bridgehead atoms. The second kappa shape index (κ2) is 12.2. The molecule has 1 heterocycles. The van der Waals surface area contributed by atoms with E-state index in [1.54, 1.807) is 28.4 Å². The maximum atomic E-state index is 13.7. The van der Waals surface area contributed by atoms with E-state index in [9.17, 15) is 4.79 Å². The first kappa shape index (κ1) is 27.3. The summed E-state index contributed by atoms with van der Waals surface area (Å²) < 4.78 is 22.3. The van der Waals surface area contributed by atoms with Gasteiger partial charge in [0.05, 0.1) is 28.4 Å². The third-order valence-corrected chi connectivity index (χ3v) is 7.05. The molecule has 1 aliphatic heterocycles. The van der Waals surface area contributed by atoms with Gasteiger partial charge in [0.1, 0.15) is 6.04 Å². The van der Waals surface area contributed by atoms with E-state index >= 15 is 0 Å². The van der Waals surface area contributed by atoms with Crippen LogP contribution in [0.25, 0.3) is 0 Å². The SMILES string of the molecule is COc1ccc(CC2c3cc(OC)c(OC)cc3CCN2C(C(=O)NC(C)C)c2ccccc2)cc1OC. The Bertz CT molecular complexity index is 1240. The first-order chi connectivity index (χ1) is 18.4. The Morgan fingerprint density at radius 1 is 0.868 bits per heavy atom. The summed E-state index contributed by atoms with van der Waals surface area (Å²) >= 11 is 0. The van der Waals surface area contributed by atoms with Gasteiger partial charge in [-0.25, -0.2) is 0 Å². The molecule has 2 atom stereocenters. The number of fused-ring (bicyclic) bond motifs is 1. The third-order valence-electron chi connectivity index (χ3n) is 7.05. The van der Waals surface area contributed by atoms with Crippen molar-refractivity contribution in [1.82, 2.24) is 10.2 Å². The van der Waals surface area contributed by atoms with Crippen LogP contribution in [0.3, 0.4) is 0 Å². The van der Waals surface area contributed by atoms with Gasteiger partial charge in [0.15, 0.2) is 23.0 Å². The van der Waals surface area contributed by atoms with Crippen molar-refractivity contribution < 1.29 is 23.7 Å². The van der Waals surface area contributed by atoms with Gasteiger partial charge in [-0.3, -0.25) is 9.69 Å². The van der Waals surface area contributed by atoms with Crippen molar-refractivity contribution in [2.45, 2.75) is 44.8 Å². The van der Waals surface area contributed by atoms with E-state index in [1.807, 2.05) is 56.3 Å². The number of nitrogens with zero attached hydrogens (tertiary/aromatic N) is 1. The molecule has 7 heteroatoms. The molecule has 4 rings (SSSR count). The van der Waals surface area contributed by atoms with Crippen LogP contribution in [0.5, 0.6) is 23.0 Å². The maximum absolute atomic E-state index is 13.7. The van der Waals surface area contributed by atoms with Crippen molar-refractivity contribution in [3.8, 4) is 23.0 Å². The van der Waals surface area contributed by atoms with Gasteiger partial charge >= 0.3 is 0 Å². The summed E-state index contributed by atoms with van der Waals surface area (Å²) in [5, 5.41) is 3.16. The first-order valence-electron chi connectivity index (χ1n) is 13.0. The van der Waals surface area contributed by atoms with Crippen LogP contribution in [-0.2, 0) is 17.6 Å². The summed E-state index contributed by atoms with van der Waals surface area (Å²) in [5.41, 5.74) is 4.37. The van der Waals surface area contributed by atoms with E-state index in [0.717, 1.165) is 23.1 Å². The van der Waals surface area contributed by atoms with Gasteiger partial charge in [-0.05, 0) is 73.2 Å². The Balaban J connectivity index is 1.85. The van der Waals surface area contributed by atoms with Crippen LogP contribution in [0, 0.1) is 0 Å². The molecule has 7 nitrogen and oxygen atoms in total. The Labute approximate surface area is 225 Å². The normalized spacial score (nSPS) is 15.9. The standard InChI is InChI=1S/C31H38N2O5/c1-20(2)32-31(34)30(22-10-8-7-9-11-22)33-15-14-23-18-28(37-5)29(38-6)19-24(23)25(33)16-21-12-13-26(35-3)27(17-21)36-4/h7-13,17-20,25,30H,14-16H2,1-6H3,(H,32,34). The van der Waals surface area contributed by atoms with Crippen LogP contribution in [-0.4, -0.2) is 51.8 Å². The van der Waals surface area contributed by atoms with Gasteiger partial charge in [-0.1, -0.05) is 36.4 Å². The molecule has 38 heavy (non-hydrogen) atoms. The van der Waals surface area contributed by atoms with Crippen molar-refractivity contribution in [2.24, 2.45) is 0 Å². The molecule has 1 amide bonds. The van der Waals surface area contributed by atoms with Gasteiger partial charge in [0, 0.05) is 18.6 Å². The number of amides is 1. The van der Waals surface area contributed by atoms with Crippen LogP contribution < -0.4 is 24.3 Å². The minimum absolute atomic E-state index is 0.00700. The molecule has 202 valence electrons. The van der Waals surface area contributed by atoms with Crippen molar-refractivity contribution in [2.75, 3.05) is 35.0 Å². The van der Waals surface area contributed by atoms with E-state index < -0.39 is 6.04 Å². The predicted molar refractivity (Wildman–Crippen MR) is 148 cm³/mol. The van der Waals surface area contributed by atoms with Crippen LogP contribution >= 0.6 is 0 Å². The Hall–Kier alpha value is -3.71. The first-order valence-corrected chi connectivity index (χ1v) is 13.0. The number of ether oxygens (including phenoxy) is 4. The summed E-state index contributed by atoms with van der Waals surface area (Å²) in [6.45, 7) is 4.69. The summed E-state index contributed by atoms with van der Waals surface area (Å²) in [6.07, 6.45) is 1.46. The number of benzene rings is 3. The maximum Gasteiger partial charge on any atom is 0.242 e. The number of methoxy groups -OCH3 is 4. The molecule has 0 saturated heterocycles. The predicted octanol–water partition coefficient (Wildman–Crippen LogP) is 5.13. The van der Waals surface area contributed by atoms with Crippen LogP contribution in [0.4, 0.5) is 0 Å². The molecule has 1 N–H and O–H groups in total. The number of hydrogen-bond donors (Lipinski definition) is 1. The molecular formula is C31H38N2O5. The lowest BCUT2D eigenvalue weighted by Crippen LogP contribution is -2.47. The number of rotatable bonds is 10.